The van der Waals surface area contributed by atoms with Crippen molar-refractivity contribution in [1.82, 2.24) is 0 Å². The summed E-state index contributed by atoms with van der Waals surface area (Å²) in [4.78, 5) is 21.9. The van der Waals surface area contributed by atoms with Crippen LogP contribution in [0.5, 0.6) is 5.75 Å². The summed E-state index contributed by atoms with van der Waals surface area (Å²) >= 11 is 0. The maximum Gasteiger partial charge on any atom is 0.340 e. The van der Waals surface area contributed by atoms with Gasteiger partial charge in [0.15, 0.2) is 6.10 Å². The quantitative estimate of drug-likeness (QED) is 0.123. The first kappa shape index (κ1) is 24.1. The second-order valence-electron chi connectivity index (χ2n) is 7.37. The van der Waals surface area contributed by atoms with Gasteiger partial charge in [0, 0.05) is 12.1 Å². The van der Waals surface area contributed by atoms with Crippen molar-refractivity contribution in [2.24, 2.45) is 0 Å². The third kappa shape index (κ3) is 11.0. The van der Waals surface area contributed by atoms with E-state index in [2.05, 4.69) is 6.92 Å². The lowest BCUT2D eigenvalue weighted by Gasteiger charge is -2.10. The van der Waals surface area contributed by atoms with Crippen LogP contribution in [0.15, 0.2) is 24.3 Å². The molecule has 1 aromatic carbocycles. The van der Waals surface area contributed by atoms with E-state index >= 15 is 0 Å². The van der Waals surface area contributed by atoms with Crippen LogP contribution in [0.25, 0.3) is 0 Å². The van der Waals surface area contributed by atoms with Crippen LogP contribution in [0.4, 0.5) is 5.69 Å². The third-order valence-corrected chi connectivity index (χ3v) is 4.87. The number of nitro groups is 1. The Labute approximate surface area is 168 Å². The topological polar surface area (TPSA) is 89.7 Å². The molecule has 0 saturated heterocycles. The number of nitrogens with zero attached hydrogens (tertiary/aromatic N) is 1. The lowest BCUT2D eigenvalue weighted by molar-refractivity contribution is -0.384. The van der Waals surface area contributed by atoms with Gasteiger partial charge in [-0.15, -0.1) is 0 Å². The zero-order valence-electron chi connectivity index (χ0n) is 17.1. The van der Waals surface area contributed by atoms with E-state index in [-0.39, 0.29) is 11.4 Å². The van der Waals surface area contributed by atoms with Crippen LogP contribution >= 0.6 is 0 Å². The van der Waals surface area contributed by atoms with E-state index < -0.39 is 17.0 Å². The normalized spacial score (nSPS) is 11.9. The second-order valence-corrected chi connectivity index (χ2v) is 7.37. The Bertz CT molecular complexity index is 559. The largest absolute Gasteiger partial charge is 0.425 e. The maximum absolute atomic E-state index is 11.9. The number of hydrogen-bond acceptors (Lipinski definition) is 5. The van der Waals surface area contributed by atoms with Gasteiger partial charge >= 0.3 is 5.97 Å². The SMILES string of the molecule is CCCCCCCCCCCCCCC(O)C(=O)Oc1ccc([N+](=O)[O-])cc1. The van der Waals surface area contributed by atoms with Crippen LogP contribution in [-0.2, 0) is 4.79 Å². The number of rotatable bonds is 16. The van der Waals surface area contributed by atoms with Gasteiger partial charge < -0.3 is 9.84 Å². The van der Waals surface area contributed by atoms with Gasteiger partial charge in [-0.2, -0.15) is 0 Å². The van der Waals surface area contributed by atoms with Gasteiger partial charge in [0.05, 0.1) is 4.92 Å². The lowest BCUT2D eigenvalue weighted by Crippen LogP contribution is -2.25. The summed E-state index contributed by atoms with van der Waals surface area (Å²) in [5.74, 6) is -0.513. The van der Waals surface area contributed by atoms with Crippen LogP contribution in [0.2, 0.25) is 0 Å². The van der Waals surface area contributed by atoms with E-state index in [1.54, 1.807) is 0 Å². The molecule has 6 nitrogen and oxygen atoms in total. The third-order valence-electron chi connectivity index (χ3n) is 4.87. The van der Waals surface area contributed by atoms with Crippen LogP contribution in [0, 0.1) is 10.1 Å². The van der Waals surface area contributed by atoms with Crippen molar-refractivity contribution in [3.05, 3.63) is 34.4 Å². The molecule has 0 aromatic heterocycles. The van der Waals surface area contributed by atoms with Gasteiger partial charge in [0.2, 0.25) is 0 Å². The van der Waals surface area contributed by atoms with Gasteiger partial charge in [-0.05, 0) is 18.6 Å². The van der Waals surface area contributed by atoms with E-state index in [0.717, 1.165) is 19.3 Å². The number of unbranched alkanes of at least 4 members (excludes halogenated alkanes) is 11. The molecule has 1 N–H and O–H groups in total. The van der Waals surface area contributed by atoms with E-state index in [9.17, 15) is 20.0 Å². The Morgan fingerprint density at radius 2 is 1.39 bits per heavy atom. The highest BCUT2D eigenvalue weighted by Crippen LogP contribution is 2.18. The molecule has 1 rings (SSSR count). The molecule has 0 aliphatic carbocycles. The van der Waals surface area contributed by atoms with Gasteiger partial charge in [0.25, 0.3) is 5.69 Å². The van der Waals surface area contributed by atoms with Crippen LogP contribution in [-0.4, -0.2) is 22.1 Å². The molecule has 0 aliphatic rings. The zero-order chi connectivity index (χ0) is 20.6. The first-order valence-corrected chi connectivity index (χ1v) is 10.7. The van der Waals surface area contributed by atoms with Crippen LogP contribution in [0.3, 0.4) is 0 Å². The minimum atomic E-state index is -1.15. The summed E-state index contributed by atoms with van der Waals surface area (Å²) in [6.07, 6.45) is 14.0. The van der Waals surface area contributed by atoms with E-state index in [0.29, 0.717) is 6.42 Å². The number of ether oxygens (including phenoxy) is 1. The molecule has 28 heavy (non-hydrogen) atoms. The molecule has 1 unspecified atom stereocenters. The Hall–Kier alpha value is -1.95. The average molecular weight is 394 g/mol. The Morgan fingerprint density at radius 3 is 1.86 bits per heavy atom. The van der Waals surface area contributed by atoms with Crippen LogP contribution < -0.4 is 4.74 Å². The fourth-order valence-electron chi connectivity index (χ4n) is 3.12. The van der Waals surface area contributed by atoms with E-state index in [1.807, 2.05) is 0 Å². The van der Waals surface area contributed by atoms with Crippen molar-refractivity contribution in [3.63, 3.8) is 0 Å². The van der Waals surface area contributed by atoms with Crippen molar-refractivity contribution in [1.29, 1.82) is 0 Å². The fraction of sp³-hybridized carbons (Fsp3) is 0.682. The van der Waals surface area contributed by atoms with Crippen molar-refractivity contribution in [2.75, 3.05) is 0 Å². The summed E-state index contributed by atoms with van der Waals surface area (Å²) in [7, 11) is 0. The number of nitro benzene ring substituents is 1. The Balaban J connectivity index is 2.03. The molecule has 0 radical (unpaired) electrons. The molecule has 0 heterocycles. The highest BCUT2D eigenvalue weighted by Gasteiger charge is 2.17. The number of aliphatic hydroxyl groups is 1. The number of carbonyl (C=O) groups excluding carboxylic acids is 1. The van der Waals surface area contributed by atoms with Crippen molar-refractivity contribution in [2.45, 2.75) is 96.5 Å². The summed E-state index contributed by atoms with van der Waals surface area (Å²) < 4.78 is 5.06. The first-order valence-electron chi connectivity index (χ1n) is 10.7. The number of benzene rings is 1. The summed E-state index contributed by atoms with van der Waals surface area (Å²) in [5, 5.41) is 20.5. The van der Waals surface area contributed by atoms with E-state index in [1.165, 1.54) is 82.1 Å². The lowest BCUT2D eigenvalue weighted by atomic mass is 10.0. The first-order chi connectivity index (χ1) is 13.5. The molecule has 1 atom stereocenters. The second kappa shape index (κ2) is 15.0. The molecular formula is C22H35NO5. The highest BCUT2D eigenvalue weighted by atomic mass is 16.6. The van der Waals surface area contributed by atoms with Crippen molar-refractivity contribution < 1.29 is 19.6 Å². The molecular weight excluding hydrogens is 358 g/mol. The van der Waals surface area contributed by atoms with Crippen molar-refractivity contribution >= 4 is 11.7 Å². The monoisotopic (exact) mass is 393 g/mol. The summed E-state index contributed by atoms with van der Waals surface area (Å²) in [5.41, 5.74) is -0.0724. The van der Waals surface area contributed by atoms with Gasteiger partial charge in [-0.25, -0.2) is 4.79 Å². The highest BCUT2D eigenvalue weighted by molar-refractivity contribution is 5.76. The number of non-ortho nitro benzene ring substituents is 1. The minimum Gasteiger partial charge on any atom is -0.425 e. The predicted octanol–water partition coefficient (Wildman–Crippen LogP) is 5.95. The molecule has 0 bridgehead atoms. The van der Waals surface area contributed by atoms with Gasteiger partial charge in [0.1, 0.15) is 5.75 Å². The fourth-order valence-corrected chi connectivity index (χ4v) is 3.12. The minimum absolute atomic E-state index is 0.0724. The Kier molecular flexibility index (Phi) is 12.9. The molecule has 0 amide bonds. The molecule has 158 valence electrons. The number of hydrogen-bond donors (Lipinski definition) is 1. The molecule has 0 spiro atoms. The summed E-state index contributed by atoms with van der Waals surface area (Å²) in [6.45, 7) is 2.24. The van der Waals surface area contributed by atoms with Gasteiger partial charge in [-0.3, -0.25) is 10.1 Å². The van der Waals surface area contributed by atoms with Gasteiger partial charge in [-0.1, -0.05) is 84.0 Å². The molecule has 1 aromatic rings. The molecule has 6 heteroatoms. The molecule has 0 fully saturated rings. The average Bonchev–Trinajstić information content (AvgIpc) is 2.69. The number of esters is 1. The number of aliphatic hydroxyl groups excluding tert-OH is 1. The standard InChI is InChI=1S/C22H35NO5/c1-2-3-4-5-6-7-8-9-10-11-12-13-14-21(24)22(25)28-20-17-15-19(16-18-20)23(26)27/h15-18,21,24H,2-14H2,1H3. The predicted molar refractivity (Wildman–Crippen MR) is 110 cm³/mol. The van der Waals surface area contributed by atoms with Crippen LogP contribution in [0.1, 0.15) is 90.4 Å². The Morgan fingerprint density at radius 1 is 0.929 bits per heavy atom. The summed E-state index contributed by atoms with van der Waals surface area (Å²) in [6, 6.07) is 5.24. The van der Waals surface area contributed by atoms with Crippen molar-refractivity contribution in [3.8, 4) is 5.75 Å². The zero-order valence-corrected chi connectivity index (χ0v) is 17.1. The molecule has 0 saturated carbocycles. The van der Waals surface area contributed by atoms with E-state index in [4.69, 9.17) is 4.74 Å². The molecule has 0 aliphatic heterocycles. The smallest absolute Gasteiger partial charge is 0.340 e. The maximum atomic E-state index is 11.9. The number of carbonyl (C=O) groups is 1.